The van der Waals surface area contributed by atoms with E-state index in [1.807, 2.05) is 0 Å². The van der Waals surface area contributed by atoms with Gasteiger partial charge in [-0.15, -0.1) is 0 Å². The number of amides is 1. The molecule has 156 valence electrons. The molecule has 0 unspecified atom stereocenters. The molecular weight excluding hydrogens is 407 g/mol. The molecule has 0 radical (unpaired) electrons. The van der Waals surface area contributed by atoms with Crippen LogP contribution < -0.4 is 10.9 Å². The third-order valence-electron chi connectivity index (χ3n) is 4.75. The number of nitrogens with one attached hydrogen (secondary N) is 2. The Hall–Kier alpha value is -2.59. The van der Waals surface area contributed by atoms with Gasteiger partial charge < -0.3 is 0 Å². The van der Waals surface area contributed by atoms with E-state index in [1.54, 1.807) is 6.92 Å². The van der Waals surface area contributed by atoms with Crippen LogP contribution in [0.15, 0.2) is 35.2 Å². The predicted molar refractivity (Wildman–Crippen MR) is 101 cm³/mol. The minimum Gasteiger partial charge on any atom is -0.295 e. The molecule has 0 spiro atoms. The minimum atomic E-state index is -3.74. The van der Waals surface area contributed by atoms with Crippen LogP contribution >= 0.6 is 0 Å². The monoisotopic (exact) mass is 427 g/mol. The molecule has 3 rings (SSSR count). The van der Waals surface area contributed by atoms with Gasteiger partial charge in [0.15, 0.2) is 17.5 Å². The summed E-state index contributed by atoms with van der Waals surface area (Å²) in [5, 5.41) is 0. The normalized spacial score (nSPS) is 15.2. The highest BCUT2D eigenvalue weighted by Crippen LogP contribution is 2.23. The van der Waals surface area contributed by atoms with E-state index in [-0.39, 0.29) is 10.5 Å². The third-order valence-corrected chi connectivity index (χ3v) is 6.65. The van der Waals surface area contributed by atoms with Crippen molar-refractivity contribution in [2.75, 3.05) is 18.5 Å². The van der Waals surface area contributed by atoms with Crippen LogP contribution in [-0.4, -0.2) is 31.7 Å². The summed E-state index contributed by atoms with van der Waals surface area (Å²) in [6, 6.07) is 5.82. The molecule has 1 aliphatic heterocycles. The predicted octanol–water partition coefficient (Wildman–Crippen LogP) is 3.34. The van der Waals surface area contributed by atoms with Gasteiger partial charge in [0.2, 0.25) is 10.0 Å². The Morgan fingerprint density at radius 2 is 1.69 bits per heavy atom. The number of sulfonamides is 1. The summed E-state index contributed by atoms with van der Waals surface area (Å²) < 4.78 is 67.0. The van der Waals surface area contributed by atoms with E-state index >= 15 is 0 Å². The molecule has 2 N–H and O–H groups in total. The zero-order valence-electron chi connectivity index (χ0n) is 15.6. The van der Waals surface area contributed by atoms with E-state index in [0.717, 1.165) is 25.3 Å². The number of hydrazine groups is 1. The van der Waals surface area contributed by atoms with Gasteiger partial charge in [0.05, 0.1) is 10.6 Å². The number of halogens is 3. The Labute approximate surface area is 166 Å². The van der Waals surface area contributed by atoms with E-state index in [0.29, 0.717) is 24.7 Å². The number of carbonyl (C=O) groups excluding carboxylic acids is 1. The van der Waals surface area contributed by atoms with Crippen LogP contribution in [0.1, 0.15) is 35.2 Å². The first-order valence-electron chi connectivity index (χ1n) is 9.02. The van der Waals surface area contributed by atoms with Gasteiger partial charge in [-0.1, -0.05) is 12.5 Å². The number of rotatable bonds is 5. The fraction of sp³-hybridized carbons (Fsp3) is 0.316. The summed E-state index contributed by atoms with van der Waals surface area (Å²) in [5.41, 5.74) is 4.44. The molecular formula is C19H20F3N3O3S. The zero-order chi connectivity index (χ0) is 21.2. The first-order valence-corrected chi connectivity index (χ1v) is 10.5. The van der Waals surface area contributed by atoms with Crippen molar-refractivity contribution in [2.45, 2.75) is 31.1 Å². The maximum Gasteiger partial charge on any atom is 0.269 e. The number of hydrogen-bond donors (Lipinski definition) is 2. The second-order valence-corrected chi connectivity index (χ2v) is 8.68. The van der Waals surface area contributed by atoms with Crippen molar-refractivity contribution in [2.24, 2.45) is 0 Å². The molecule has 0 aliphatic carbocycles. The molecule has 2 aromatic rings. The zero-order valence-corrected chi connectivity index (χ0v) is 16.5. The molecule has 0 saturated carbocycles. The average Bonchev–Trinajstić information content (AvgIpc) is 2.72. The van der Waals surface area contributed by atoms with E-state index in [1.165, 1.54) is 22.5 Å². The Morgan fingerprint density at radius 3 is 2.38 bits per heavy atom. The Morgan fingerprint density at radius 1 is 1.00 bits per heavy atom. The second-order valence-electron chi connectivity index (χ2n) is 6.74. The van der Waals surface area contributed by atoms with Gasteiger partial charge in [-0.05, 0) is 49.6 Å². The number of hydrogen-bond acceptors (Lipinski definition) is 4. The van der Waals surface area contributed by atoms with Gasteiger partial charge in [0.1, 0.15) is 0 Å². The number of aryl methyl sites for hydroxylation is 1. The molecule has 1 fully saturated rings. The van der Waals surface area contributed by atoms with Crippen LogP contribution in [0.25, 0.3) is 0 Å². The van der Waals surface area contributed by atoms with Crippen LogP contribution in [0.5, 0.6) is 0 Å². The summed E-state index contributed by atoms with van der Waals surface area (Å²) in [7, 11) is -3.74. The van der Waals surface area contributed by atoms with Crippen LogP contribution in [0, 0.1) is 24.4 Å². The molecule has 6 nitrogen and oxygen atoms in total. The smallest absolute Gasteiger partial charge is 0.269 e. The molecule has 2 aromatic carbocycles. The highest BCUT2D eigenvalue weighted by Gasteiger charge is 2.27. The van der Waals surface area contributed by atoms with E-state index in [4.69, 9.17) is 0 Å². The Bertz CT molecular complexity index is 1040. The Kier molecular flexibility index (Phi) is 6.13. The minimum absolute atomic E-state index is 0.0193. The second kappa shape index (κ2) is 8.42. The molecule has 0 aromatic heterocycles. The van der Waals surface area contributed by atoms with Gasteiger partial charge >= 0.3 is 0 Å². The van der Waals surface area contributed by atoms with Crippen molar-refractivity contribution in [3.05, 3.63) is 58.9 Å². The van der Waals surface area contributed by atoms with Crippen LogP contribution in [0.3, 0.4) is 0 Å². The van der Waals surface area contributed by atoms with Gasteiger partial charge in [-0.25, -0.2) is 21.6 Å². The highest BCUT2D eigenvalue weighted by atomic mass is 32.2. The van der Waals surface area contributed by atoms with Gasteiger partial charge in [-0.2, -0.15) is 4.31 Å². The molecule has 1 aliphatic rings. The standard InChI is InChI=1S/C19H20F3N3O3S/c1-12-5-6-13(29(27,28)25-9-3-2-4-10-25)11-14(12)19(26)24-23-16-8-7-15(20)17(21)18(16)22/h5-8,11,23H,2-4,9-10H2,1H3,(H,24,26). The fourth-order valence-corrected chi connectivity index (χ4v) is 4.62. The van der Waals surface area contributed by atoms with E-state index in [2.05, 4.69) is 10.9 Å². The van der Waals surface area contributed by atoms with Crippen LogP contribution in [-0.2, 0) is 10.0 Å². The third kappa shape index (κ3) is 4.38. The van der Waals surface area contributed by atoms with Crippen LogP contribution in [0.4, 0.5) is 18.9 Å². The lowest BCUT2D eigenvalue weighted by Crippen LogP contribution is -2.36. The maximum atomic E-state index is 13.7. The number of nitrogens with zero attached hydrogens (tertiary/aromatic N) is 1. The van der Waals surface area contributed by atoms with Crippen molar-refractivity contribution in [3.8, 4) is 0 Å². The molecule has 0 bridgehead atoms. The lowest BCUT2D eigenvalue weighted by molar-refractivity contribution is 0.0961. The number of benzene rings is 2. The van der Waals surface area contributed by atoms with Gasteiger partial charge in [0.25, 0.3) is 5.91 Å². The van der Waals surface area contributed by atoms with Crippen molar-refractivity contribution in [1.29, 1.82) is 0 Å². The van der Waals surface area contributed by atoms with Crippen molar-refractivity contribution >= 4 is 21.6 Å². The lowest BCUT2D eigenvalue weighted by Gasteiger charge is -2.26. The topological polar surface area (TPSA) is 78.5 Å². The summed E-state index contributed by atoms with van der Waals surface area (Å²) in [4.78, 5) is 12.5. The maximum absolute atomic E-state index is 13.7. The SMILES string of the molecule is Cc1ccc(S(=O)(=O)N2CCCCC2)cc1C(=O)NNc1ccc(F)c(F)c1F. The molecule has 29 heavy (non-hydrogen) atoms. The first kappa shape index (κ1) is 21.1. The number of piperidine rings is 1. The van der Waals surface area contributed by atoms with Crippen molar-refractivity contribution in [1.82, 2.24) is 9.73 Å². The molecule has 10 heteroatoms. The van der Waals surface area contributed by atoms with Crippen LogP contribution in [0.2, 0.25) is 0 Å². The number of anilines is 1. The quantitative estimate of drug-likeness (QED) is 0.567. The van der Waals surface area contributed by atoms with Crippen molar-refractivity contribution in [3.63, 3.8) is 0 Å². The van der Waals surface area contributed by atoms with Gasteiger partial charge in [-0.3, -0.25) is 15.6 Å². The summed E-state index contributed by atoms with van der Waals surface area (Å²) in [6.07, 6.45) is 2.53. The van der Waals surface area contributed by atoms with E-state index in [9.17, 15) is 26.4 Å². The Balaban J connectivity index is 1.81. The van der Waals surface area contributed by atoms with E-state index < -0.39 is 39.1 Å². The summed E-state index contributed by atoms with van der Waals surface area (Å²) in [6.45, 7) is 2.47. The number of carbonyl (C=O) groups is 1. The highest BCUT2D eigenvalue weighted by molar-refractivity contribution is 7.89. The van der Waals surface area contributed by atoms with Gasteiger partial charge in [0, 0.05) is 18.7 Å². The summed E-state index contributed by atoms with van der Waals surface area (Å²) >= 11 is 0. The molecule has 0 atom stereocenters. The first-order chi connectivity index (χ1) is 13.7. The molecule has 1 heterocycles. The summed E-state index contributed by atoms with van der Waals surface area (Å²) in [5.74, 6) is -5.26. The largest absolute Gasteiger partial charge is 0.295 e. The molecule has 1 saturated heterocycles. The lowest BCUT2D eigenvalue weighted by atomic mass is 10.1. The van der Waals surface area contributed by atoms with Crippen molar-refractivity contribution < 1.29 is 26.4 Å². The average molecular weight is 427 g/mol. The molecule has 1 amide bonds. The fourth-order valence-electron chi connectivity index (χ4n) is 3.07.